The summed E-state index contributed by atoms with van der Waals surface area (Å²) in [4.78, 5) is 27.3. The highest BCUT2D eigenvalue weighted by molar-refractivity contribution is 6.04. The van der Waals surface area contributed by atoms with Crippen LogP contribution in [0.25, 0.3) is 10.8 Å². The summed E-state index contributed by atoms with van der Waals surface area (Å²) in [5.41, 5.74) is 1.07. The molecule has 26 heavy (non-hydrogen) atoms. The van der Waals surface area contributed by atoms with Crippen molar-refractivity contribution in [2.24, 2.45) is 13.0 Å². The standard InChI is InChI=1S/C19H23N5O2/c1-13(2)10-24-18(25)16-8-6-5-7-15(16)17(21-24)19(26)22(3)11-14-9-20-23(4)12-14/h5-9,12-13H,10-11H2,1-4H3. The van der Waals surface area contributed by atoms with Crippen LogP contribution in [0.4, 0.5) is 0 Å². The largest absolute Gasteiger partial charge is 0.336 e. The molecule has 0 N–H and O–H groups in total. The zero-order valence-corrected chi connectivity index (χ0v) is 15.5. The average Bonchev–Trinajstić information content (AvgIpc) is 3.01. The van der Waals surface area contributed by atoms with Gasteiger partial charge in [-0.25, -0.2) is 4.68 Å². The van der Waals surface area contributed by atoms with Crippen LogP contribution in [-0.4, -0.2) is 37.4 Å². The van der Waals surface area contributed by atoms with Crippen LogP contribution in [0.3, 0.4) is 0 Å². The Morgan fingerprint density at radius 2 is 1.92 bits per heavy atom. The zero-order chi connectivity index (χ0) is 18.8. The molecule has 0 unspecified atom stereocenters. The molecule has 1 amide bonds. The van der Waals surface area contributed by atoms with E-state index >= 15 is 0 Å². The van der Waals surface area contributed by atoms with Gasteiger partial charge in [-0.05, 0) is 12.0 Å². The predicted molar refractivity (Wildman–Crippen MR) is 99.8 cm³/mol. The van der Waals surface area contributed by atoms with E-state index in [0.717, 1.165) is 5.56 Å². The molecule has 0 aliphatic carbocycles. The minimum Gasteiger partial charge on any atom is -0.336 e. The Bertz CT molecular complexity index is 1000. The van der Waals surface area contributed by atoms with Crippen molar-refractivity contribution in [1.82, 2.24) is 24.5 Å². The highest BCUT2D eigenvalue weighted by Crippen LogP contribution is 2.16. The Morgan fingerprint density at radius 3 is 2.54 bits per heavy atom. The van der Waals surface area contributed by atoms with Gasteiger partial charge >= 0.3 is 0 Å². The van der Waals surface area contributed by atoms with Gasteiger partial charge in [-0.2, -0.15) is 10.2 Å². The highest BCUT2D eigenvalue weighted by atomic mass is 16.2. The molecule has 0 fully saturated rings. The van der Waals surface area contributed by atoms with Crippen molar-refractivity contribution < 1.29 is 4.79 Å². The van der Waals surface area contributed by atoms with Gasteiger partial charge in [0.25, 0.3) is 11.5 Å². The van der Waals surface area contributed by atoms with Crippen LogP contribution in [0.5, 0.6) is 0 Å². The van der Waals surface area contributed by atoms with Gasteiger partial charge in [0.2, 0.25) is 0 Å². The van der Waals surface area contributed by atoms with Gasteiger partial charge in [-0.1, -0.05) is 32.0 Å². The summed E-state index contributed by atoms with van der Waals surface area (Å²) in [5.74, 6) is 0.0278. The predicted octanol–water partition coefficient (Wildman–Crippen LogP) is 2.06. The van der Waals surface area contributed by atoms with Crippen LogP contribution in [-0.2, 0) is 20.1 Å². The first kappa shape index (κ1) is 17.8. The van der Waals surface area contributed by atoms with Gasteiger partial charge in [0, 0.05) is 44.3 Å². The first-order chi connectivity index (χ1) is 12.4. The molecule has 7 nitrogen and oxygen atoms in total. The second kappa shape index (κ2) is 7.11. The molecule has 0 saturated carbocycles. The number of benzene rings is 1. The topological polar surface area (TPSA) is 73.0 Å². The first-order valence-corrected chi connectivity index (χ1v) is 8.59. The van der Waals surface area contributed by atoms with Gasteiger partial charge in [-0.15, -0.1) is 0 Å². The lowest BCUT2D eigenvalue weighted by molar-refractivity contribution is 0.0778. The molecule has 7 heteroatoms. The van der Waals surface area contributed by atoms with Gasteiger partial charge in [0.05, 0.1) is 11.6 Å². The molecule has 0 radical (unpaired) electrons. The number of carbonyl (C=O) groups excluding carboxylic acids is 1. The van der Waals surface area contributed by atoms with Crippen LogP contribution < -0.4 is 5.56 Å². The Morgan fingerprint density at radius 1 is 1.23 bits per heavy atom. The molecule has 2 heterocycles. The molecule has 0 saturated heterocycles. The summed E-state index contributed by atoms with van der Waals surface area (Å²) in [7, 11) is 3.56. The summed E-state index contributed by atoms with van der Waals surface area (Å²) in [6.07, 6.45) is 3.60. The SMILES string of the molecule is CC(C)Cn1nc(C(=O)N(C)Cc2cnn(C)c2)c2ccccc2c1=O. The van der Waals surface area contributed by atoms with Crippen LogP contribution in [0.2, 0.25) is 0 Å². The van der Waals surface area contributed by atoms with Gasteiger partial charge in [0.1, 0.15) is 0 Å². The number of aromatic nitrogens is 4. The maximum atomic E-state index is 13.0. The summed E-state index contributed by atoms with van der Waals surface area (Å²) in [6, 6.07) is 7.13. The van der Waals surface area contributed by atoms with Crippen molar-refractivity contribution in [3.05, 3.63) is 58.3 Å². The average molecular weight is 353 g/mol. The number of rotatable bonds is 5. The molecule has 2 aromatic heterocycles. The molecule has 3 rings (SSSR count). The van der Waals surface area contributed by atoms with Crippen molar-refractivity contribution in [1.29, 1.82) is 0 Å². The monoisotopic (exact) mass is 353 g/mol. The number of carbonyl (C=O) groups is 1. The number of amides is 1. The number of fused-ring (bicyclic) bond motifs is 1. The summed E-state index contributed by atoms with van der Waals surface area (Å²) in [6.45, 7) is 4.92. The molecule has 0 atom stereocenters. The molecule has 3 aromatic rings. The van der Waals surface area contributed by atoms with E-state index in [9.17, 15) is 9.59 Å². The fourth-order valence-electron chi connectivity index (χ4n) is 2.94. The van der Waals surface area contributed by atoms with Crippen LogP contribution in [0.1, 0.15) is 29.9 Å². The van der Waals surface area contributed by atoms with E-state index in [0.29, 0.717) is 29.6 Å². The molecule has 0 spiro atoms. The normalized spacial score (nSPS) is 11.3. The van der Waals surface area contributed by atoms with E-state index in [4.69, 9.17) is 0 Å². The third kappa shape index (κ3) is 3.51. The molecule has 1 aromatic carbocycles. The Balaban J connectivity index is 2.03. The van der Waals surface area contributed by atoms with E-state index in [-0.39, 0.29) is 17.4 Å². The molecular weight excluding hydrogens is 330 g/mol. The van der Waals surface area contributed by atoms with Crippen molar-refractivity contribution in [3.8, 4) is 0 Å². The summed E-state index contributed by atoms with van der Waals surface area (Å²) >= 11 is 0. The smallest absolute Gasteiger partial charge is 0.274 e. The third-order valence-corrected chi connectivity index (χ3v) is 4.13. The van der Waals surface area contributed by atoms with Crippen LogP contribution in [0, 0.1) is 5.92 Å². The minimum absolute atomic E-state index is 0.166. The van der Waals surface area contributed by atoms with Gasteiger partial charge in [-0.3, -0.25) is 14.3 Å². The maximum absolute atomic E-state index is 13.0. The van der Waals surface area contributed by atoms with Crippen molar-refractivity contribution >= 4 is 16.7 Å². The fraction of sp³-hybridized carbons (Fsp3) is 0.368. The Hall–Kier alpha value is -2.96. The Labute approximate surface area is 151 Å². The van der Waals surface area contributed by atoms with Crippen molar-refractivity contribution in [2.45, 2.75) is 26.9 Å². The fourth-order valence-corrected chi connectivity index (χ4v) is 2.94. The van der Waals surface area contributed by atoms with E-state index in [1.807, 2.05) is 33.2 Å². The second-order valence-electron chi connectivity index (χ2n) is 6.96. The second-order valence-corrected chi connectivity index (χ2v) is 6.96. The number of nitrogens with zero attached hydrogens (tertiary/aromatic N) is 5. The van der Waals surface area contributed by atoms with E-state index in [2.05, 4.69) is 10.2 Å². The quantitative estimate of drug-likeness (QED) is 0.704. The third-order valence-electron chi connectivity index (χ3n) is 4.13. The molecule has 0 bridgehead atoms. The molecule has 0 aliphatic heterocycles. The number of hydrogen-bond donors (Lipinski definition) is 0. The van der Waals surface area contributed by atoms with Gasteiger partial charge in [0.15, 0.2) is 5.69 Å². The number of hydrogen-bond acceptors (Lipinski definition) is 4. The van der Waals surface area contributed by atoms with Crippen molar-refractivity contribution in [3.63, 3.8) is 0 Å². The highest BCUT2D eigenvalue weighted by Gasteiger charge is 2.20. The lowest BCUT2D eigenvalue weighted by atomic mass is 10.1. The molecular formula is C19H23N5O2. The van der Waals surface area contributed by atoms with Crippen molar-refractivity contribution in [2.75, 3.05) is 7.05 Å². The lowest BCUT2D eigenvalue weighted by Crippen LogP contribution is -2.32. The Kier molecular flexibility index (Phi) is 4.88. The van der Waals surface area contributed by atoms with Crippen LogP contribution in [0.15, 0.2) is 41.5 Å². The molecule has 136 valence electrons. The summed E-state index contributed by atoms with van der Waals surface area (Å²) < 4.78 is 3.10. The van der Waals surface area contributed by atoms with E-state index in [1.54, 1.807) is 41.0 Å². The zero-order valence-electron chi connectivity index (χ0n) is 15.5. The van der Waals surface area contributed by atoms with E-state index in [1.165, 1.54) is 4.68 Å². The lowest BCUT2D eigenvalue weighted by Gasteiger charge is -2.18. The van der Waals surface area contributed by atoms with Crippen LogP contribution >= 0.6 is 0 Å². The summed E-state index contributed by atoms with van der Waals surface area (Å²) in [5, 5.41) is 9.63. The first-order valence-electron chi connectivity index (χ1n) is 8.59. The maximum Gasteiger partial charge on any atom is 0.274 e. The van der Waals surface area contributed by atoms with E-state index < -0.39 is 0 Å². The molecule has 0 aliphatic rings. The minimum atomic E-state index is -0.220. The van der Waals surface area contributed by atoms with Gasteiger partial charge < -0.3 is 4.90 Å². The number of aryl methyl sites for hydroxylation is 1.